The Morgan fingerprint density at radius 3 is 2.71 bits per heavy atom. The number of pyridine rings is 1. The van der Waals surface area contributed by atoms with Crippen LogP contribution in [-0.4, -0.2) is 27.6 Å². The fourth-order valence-electron chi connectivity index (χ4n) is 1.74. The summed E-state index contributed by atoms with van der Waals surface area (Å²) in [5.41, 5.74) is 1.17. The Bertz CT molecular complexity index is 632. The van der Waals surface area contributed by atoms with Gasteiger partial charge in [0.05, 0.1) is 10.7 Å². The minimum atomic E-state index is -1.02. The number of thiazole rings is 1. The molecule has 0 atom stereocenters. The second kappa shape index (κ2) is 6.22. The highest BCUT2D eigenvalue weighted by Gasteiger charge is 2.17. The molecule has 0 radical (unpaired) electrons. The summed E-state index contributed by atoms with van der Waals surface area (Å²) in [5.74, 6) is -0.450. The van der Waals surface area contributed by atoms with Crippen LogP contribution in [0.1, 0.15) is 42.0 Å². The first-order valence-corrected chi connectivity index (χ1v) is 7.63. The average molecular weight is 305 g/mol. The molecule has 112 valence electrons. The van der Waals surface area contributed by atoms with Crippen LogP contribution in [0.5, 0.6) is 0 Å². The van der Waals surface area contributed by atoms with Crippen molar-refractivity contribution in [1.82, 2.24) is 9.97 Å². The molecule has 2 aromatic rings. The smallest absolute Gasteiger partial charge is 0.354 e. The summed E-state index contributed by atoms with van der Waals surface area (Å²) in [6, 6.07) is 4.91. The average Bonchev–Trinajstić information content (AvgIpc) is 2.88. The SMILES string of the molecule is CC(C)(C)c1nc(CCNc2cccc(C(=O)O)n2)cs1. The first-order valence-electron chi connectivity index (χ1n) is 6.75. The zero-order valence-corrected chi connectivity index (χ0v) is 13.2. The Kier molecular flexibility index (Phi) is 4.57. The van der Waals surface area contributed by atoms with Gasteiger partial charge in [0.2, 0.25) is 0 Å². The van der Waals surface area contributed by atoms with Crippen molar-refractivity contribution in [2.45, 2.75) is 32.6 Å². The van der Waals surface area contributed by atoms with Gasteiger partial charge in [-0.05, 0) is 12.1 Å². The molecule has 5 nitrogen and oxygen atoms in total. The molecule has 0 unspecified atom stereocenters. The van der Waals surface area contributed by atoms with Gasteiger partial charge in [0.15, 0.2) is 5.69 Å². The molecule has 0 aromatic carbocycles. The molecule has 0 amide bonds. The summed E-state index contributed by atoms with van der Waals surface area (Å²) >= 11 is 1.68. The molecule has 0 saturated heterocycles. The molecule has 6 heteroatoms. The van der Waals surface area contributed by atoms with Gasteiger partial charge in [0.25, 0.3) is 0 Å². The van der Waals surface area contributed by atoms with Crippen molar-refractivity contribution in [1.29, 1.82) is 0 Å². The number of nitrogens with one attached hydrogen (secondary N) is 1. The quantitative estimate of drug-likeness (QED) is 0.887. The highest BCUT2D eigenvalue weighted by Crippen LogP contribution is 2.25. The van der Waals surface area contributed by atoms with Crippen LogP contribution in [0, 0.1) is 0 Å². The van der Waals surface area contributed by atoms with Gasteiger partial charge in [-0.2, -0.15) is 0 Å². The summed E-state index contributed by atoms with van der Waals surface area (Å²) in [4.78, 5) is 19.5. The third-order valence-electron chi connectivity index (χ3n) is 2.85. The molecule has 2 N–H and O–H groups in total. The number of hydrogen-bond acceptors (Lipinski definition) is 5. The number of rotatable bonds is 5. The van der Waals surface area contributed by atoms with Crippen LogP contribution < -0.4 is 5.32 Å². The molecule has 2 rings (SSSR count). The maximum Gasteiger partial charge on any atom is 0.354 e. The molecule has 0 bridgehead atoms. The van der Waals surface area contributed by atoms with E-state index >= 15 is 0 Å². The molecular formula is C15H19N3O2S. The predicted molar refractivity (Wildman–Crippen MR) is 84.2 cm³/mol. The van der Waals surface area contributed by atoms with Gasteiger partial charge in [-0.25, -0.2) is 14.8 Å². The van der Waals surface area contributed by atoms with E-state index in [2.05, 4.69) is 41.4 Å². The molecule has 0 fully saturated rings. The Labute approximate surface area is 128 Å². The minimum absolute atomic E-state index is 0.0451. The zero-order valence-electron chi connectivity index (χ0n) is 12.4. The summed E-state index contributed by atoms with van der Waals surface area (Å²) in [5, 5.41) is 15.2. The number of anilines is 1. The van der Waals surface area contributed by atoms with E-state index in [4.69, 9.17) is 5.11 Å². The van der Waals surface area contributed by atoms with Gasteiger partial charge < -0.3 is 10.4 Å². The number of carboxylic acids is 1. The topological polar surface area (TPSA) is 75.1 Å². The Hall–Kier alpha value is -1.95. The first kappa shape index (κ1) is 15.4. The van der Waals surface area contributed by atoms with Crippen LogP contribution in [-0.2, 0) is 11.8 Å². The van der Waals surface area contributed by atoms with Crippen molar-refractivity contribution in [3.8, 4) is 0 Å². The number of nitrogens with zero attached hydrogens (tertiary/aromatic N) is 2. The highest BCUT2D eigenvalue weighted by atomic mass is 32.1. The van der Waals surface area contributed by atoms with Crippen LogP contribution in [0.2, 0.25) is 0 Å². The van der Waals surface area contributed by atoms with E-state index in [0.717, 1.165) is 17.1 Å². The second-order valence-electron chi connectivity index (χ2n) is 5.78. The van der Waals surface area contributed by atoms with Gasteiger partial charge >= 0.3 is 5.97 Å². The van der Waals surface area contributed by atoms with E-state index in [1.807, 2.05) is 0 Å². The summed E-state index contributed by atoms with van der Waals surface area (Å²) in [6.07, 6.45) is 0.783. The summed E-state index contributed by atoms with van der Waals surface area (Å²) < 4.78 is 0. The van der Waals surface area contributed by atoms with Crippen LogP contribution in [0.25, 0.3) is 0 Å². The second-order valence-corrected chi connectivity index (χ2v) is 6.64. The fourth-order valence-corrected chi connectivity index (χ4v) is 2.68. The molecule has 2 aromatic heterocycles. The van der Waals surface area contributed by atoms with Crippen molar-refractivity contribution in [2.75, 3.05) is 11.9 Å². The van der Waals surface area contributed by atoms with Crippen LogP contribution in [0.3, 0.4) is 0 Å². The van der Waals surface area contributed by atoms with E-state index < -0.39 is 5.97 Å². The number of aromatic carboxylic acids is 1. The van der Waals surface area contributed by atoms with Crippen molar-refractivity contribution in [2.24, 2.45) is 0 Å². The number of carboxylic acid groups (broad SMARTS) is 1. The molecule has 0 aliphatic heterocycles. The predicted octanol–water partition coefficient (Wildman–Crippen LogP) is 3.19. The van der Waals surface area contributed by atoms with Gasteiger partial charge in [0.1, 0.15) is 5.82 Å². The molecule has 0 aliphatic rings. The monoisotopic (exact) mass is 305 g/mol. The van der Waals surface area contributed by atoms with Gasteiger partial charge in [-0.15, -0.1) is 11.3 Å². The first-order chi connectivity index (χ1) is 9.86. The molecule has 0 spiro atoms. The van der Waals surface area contributed by atoms with Crippen LogP contribution in [0.15, 0.2) is 23.6 Å². The lowest BCUT2D eigenvalue weighted by Gasteiger charge is -2.13. The maximum atomic E-state index is 10.8. The third-order valence-corrected chi connectivity index (χ3v) is 4.17. The van der Waals surface area contributed by atoms with Crippen molar-refractivity contribution < 1.29 is 9.90 Å². The van der Waals surface area contributed by atoms with E-state index in [1.165, 1.54) is 6.07 Å². The van der Waals surface area contributed by atoms with Gasteiger partial charge in [-0.3, -0.25) is 0 Å². The van der Waals surface area contributed by atoms with Gasteiger partial charge in [-0.1, -0.05) is 26.8 Å². The van der Waals surface area contributed by atoms with E-state index in [0.29, 0.717) is 12.4 Å². The molecule has 21 heavy (non-hydrogen) atoms. The lowest BCUT2D eigenvalue weighted by atomic mass is 9.98. The van der Waals surface area contributed by atoms with E-state index in [9.17, 15) is 4.79 Å². The fraction of sp³-hybridized carbons (Fsp3) is 0.400. The molecular weight excluding hydrogens is 286 g/mol. The normalized spacial score (nSPS) is 11.4. The van der Waals surface area contributed by atoms with E-state index in [1.54, 1.807) is 23.5 Å². The highest BCUT2D eigenvalue weighted by molar-refractivity contribution is 7.09. The summed E-state index contributed by atoms with van der Waals surface area (Å²) in [6.45, 7) is 7.11. The van der Waals surface area contributed by atoms with Crippen molar-refractivity contribution in [3.63, 3.8) is 0 Å². The Morgan fingerprint density at radius 2 is 2.10 bits per heavy atom. The summed E-state index contributed by atoms with van der Waals surface area (Å²) in [7, 11) is 0. The zero-order chi connectivity index (χ0) is 15.5. The van der Waals surface area contributed by atoms with E-state index in [-0.39, 0.29) is 11.1 Å². The number of aromatic nitrogens is 2. The molecule has 0 saturated carbocycles. The largest absolute Gasteiger partial charge is 0.477 e. The van der Waals surface area contributed by atoms with Crippen molar-refractivity contribution in [3.05, 3.63) is 40.0 Å². The standard InChI is InChI=1S/C15H19N3O2S/c1-15(2,3)14-17-10(9-21-14)7-8-16-12-6-4-5-11(18-12)13(19)20/h4-6,9H,7-8H2,1-3H3,(H,16,18)(H,19,20). The Balaban J connectivity index is 1.91. The van der Waals surface area contributed by atoms with Crippen LogP contribution in [0.4, 0.5) is 5.82 Å². The third kappa shape index (κ3) is 4.26. The lowest BCUT2D eigenvalue weighted by Crippen LogP contribution is -2.12. The molecule has 2 heterocycles. The van der Waals surface area contributed by atoms with Crippen LogP contribution >= 0.6 is 11.3 Å². The lowest BCUT2D eigenvalue weighted by molar-refractivity contribution is 0.0690. The molecule has 0 aliphatic carbocycles. The number of carbonyl (C=O) groups is 1. The van der Waals surface area contributed by atoms with Crippen molar-refractivity contribution >= 4 is 23.1 Å². The number of hydrogen-bond donors (Lipinski definition) is 2. The Morgan fingerprint density at radius 1 is 1.33 bits per heavy atom. The van der Waals surface area contributed by atoms with Gasteiger partial charge in [0, 0.05) is 23.8 Å². The minimum Gasteiger partial charge on any atom is -0.477 e. The maximum absolute atomic E-state index is 10.8.